The number of anilines is 1. The van der Waals surface area contributed by atoms with E-state index in [0.29, 0.717) is 6.42 Å². The standard InChI is InChI=1S/C18H19N3O2/c22-17(20-16-9-5-2-6-10-16)11-12-18(23)21-19-14-13-15-7-3-1-4-8-15/h1-10,14H,11-13H2,(H,20,22)(H,21,23)/b19-14+. The van der Waals surface area contributed by atoms with Crippen molar-refractivity contribution in [2.24, 2.45) is 5.10 Å². The van der Waals surface area contributed by atoms with E-state index in [1.807, 2.05) is 48.5 Å². The lowest BCUT2D eigenvalue weighted by atomic mass is 10.2. The van der Waals surface area contributed by atoms with Crippen LogP contribution in [0.25, 0.3) is 0 Å². The third-order valence-corrected chi connectivity index (χ3v) is 3.09. The zero-order chi connectivity index (χ0) is 16.3. The topological polar surface area (TPSA) is 70.6 Å². The van der Waals surface area contributed by atoms with E-state index < -0.39 is 0 Å². The number of hydrogen-bond donors (Lipinski definition) is 2. The van der Waals surface area contributed by atoms with E-state index in [9.17, 15) is 9.59 Å². The van der Waals surface area contributed by atoms with Crippen molar-refractivity contribution in [2.45, 2.75) is 19.3 Å². The quantitative estimate of drug-likeness (QED) is 0.610. The molecular weight excluding hydrogens is 290 g/mol. The van der Waals surface area contributed by atoms with Crippen LogP contribution in [0.15, 0.2) is 65.8 Å². The summed E-state index contributed by atoms with van der Waals surface area (Å²) in [5, 5.41) is 6.60. The predicted octanol–water partition coefficient (Wildman–Crippen LogP) is 2.75. The molecule has 0 radical (unpaired) electrons. The van der Waals surface area contributed by atoms with E-state index >= 15 is 0 Å². The maximum atomic E-state index is 11.7. The molecule has 2 amide bonds. The highest BCUT2D eigenvalue weighted by atomic mass is 16.2. The molecule has 2 aromatic rings. The molecule has 0 aliphatic rings. The molecule has 2 N–H and O–H groups in total. The van der Waals surface area contributed by atoms with Gasteiger partial charge < -0.3 is 5.32 Å². The fraction of sp³-hybridized carbons (Fsp3) is 0.167. The van der Waals surface area contributed by atoms with Crippen molar-refractivity contribution in [3.05, 3.63) is 66.2 Å². The van der Waals surface area contributed by atoms with Gasteiger partial charge in [0.25, 0.3) is 0 Å². The molecule has 0 atom stereocenters. The molecule has 0 aliphatic heterocycles. The zero-order valence-corrected chi connectivity index (χ0v) is 12.7. The highest BCUT2D eigenvalue weighted by molar-refractivity contribution is 5.93. The van der Waals surface area contributed by atoms with Crippen molar-refractivity contribution < 1.29 is 9.59 Å². The van der Waals surface area contributed by atoms with Crippen molar-refractivity contribution in [1.29, 1.82) is 0 Å². The van der Waals surface area contributed by atoms with Gasteiger partial charge in [-0.25, -0.2) is 5.43 Å². The number of hydrogen-bond acceptors (Lipinski definition) is 3. The molecule has 0 fully saturated rings. The van der Waals surface area contributed by atoms with Gasteiger partial charge in [0.2, 0.25) is 11.8 Å². The number of amides is 2. The van der Waals surface area contributed by atoms with Crippen LogP contribution in [0.3, 0.4) is 0 Å². The van der Waals surface area contributed by atoms with Crippen molar-refractivity contribution in [2.75, 3.05) is 5.32 Å². The number of para-hydroxylation sites is 1. The lowest BCUT2D eigenvalue weighted by Gasteiger charge is -2.04. The van der Waals surface area contributed by atoms with E-state index in [1.54, 1.807) is 18.3 Å². The van der Waals surface area contributed by atoms with E-state index in [-0.39, 0.29) is 24.7 Å². The van der Waals surface area contributed by atoms with Gasteiger partial charge in [0, 0.05) is 31.2 Å². The summed E-state index contributed by atoms with van der Waals surface area (Å²) in [5.41, 5.74) is 4.26. The fourth-order valence-electron chi connectivity index (χ4n) is 1.91. The number of benzene rings is 2. The summed E-state index contributed by atoms with van der Waals surface area (Å²) >= 11 is 0. The molecule has 23 heavy (non-hydrogen) atoms. The lowest BCUT2D eigenvalue weighted by molar-refractivity contribution is -0.124. The highest BCUT2D eigenvalue weighted by Crippen LogP contribution is 2.06. The SMILES string of the molecule is O=C(CCC(=O)Nc1ccccc1)N/N=C/Cc1ccccc1. The Balaban J connectivity index is 1.64. The average molecular weight is 309 g/mol. The molecule has 0 saturated carbocycles. The monoisotopic (exact) mass is 309 g/mol. The molecule has 0 unspecified atom stereocenters. The lowest BCUT2D eigenvalue weighted by Crippen LogP contribution is -2.20. The van der Waals surface area contributed by atoms with Crippen molar-refractivity contribution >= 4 is 23.7 Å². The molecule has 118 valence electrons. The van der Waals surface area contributed by atoms with Crippen LogP contribution < -0.4 is 10.7 Å². The van der Waals surface area contributed by atoms with Gasteiger partial charge in [-0.3, -0.25) is 9.59 Å². The van der Waals surface area contributed by atoms with E-state index in [4.69, 9.17) is 0 Å². The van der Waals surface area contributed by atoms with E-state index in [1.165, 1.54) is 0 Å². The van der Waals surface area contributed by atoms with Crippen LogP contribution in [-0.4, -0.2) is 18.0 Å². The number of rotatable bonds is 7. The molecule has 0 aromatic heterocycles. The van der Waals surface area contributed by atoms with Gasteiger partial charge in [-0.1, -0.05) is 48.5 Å². The van der Waals surface area contributed by atoms with Crippen molar-refractivity contribution in [1.82, 2.24) is 5.43 Å². The molecule has 0 heterocycles. The summed E-state index contributed by atoms with van der Waals surface area (Å²) in [6, 6.07) is 19.0. The third-order valence-electron chi connectivity index (χ3n) is 3.09. The summed E-state index contributed by atoms with van der Waals surface area (Å²) in [6.07, 6.45) is 2.50. The third kappa shape index (κ3) is 6.56. The van der Waals surface area contributed by atoms with Gasteiger partial charge in [0.1, 0.15) is 0 Å². The van der Waals surface area contributed by atoms with Crippen LogP contribution >= 0.6 is 0 Å². The molecule has 0 bridgehead atoms. The Morgan fingerprint density at radius 3 is 2.17 bits per heavy atom. The minimum atomic E-state index is -0.280. The fourth-order valence-corrected chi connectivity index (χ4v) is 1.91. The van der Waals surface area contributed by atoms with Crippen LogP contribution in [0.2, 0.25) is 0 Å². The second-order valence-corrected chi connectivity index (χ2v) is 4.95. The Labute approximate surface area is 135 Å². The molecule has 0 aliphatic carbocycles. The van der Waals surface area contributed by atoms with Crippen LogP contribution in [0.1, 0.15) is 18.4 Å². The van der Waals surface area contributed by atoms with Crippen LogP contribution in [0.5, 0.6) is 0 Å². The second kappa shape index (κ2) is 9.15. The molecule has 0 saturated heterocycles. The zero-order valence-electron chi connectivity index (χ0n) is 12.7. The predicted molar refractivity (Wildman–Crippen MR) is 91.1 cm³/mol. The first-order chi connectivity index (χ1) is 11.2. The Morgan fingerprint density at radius 2 is 1.48 bits per heavy atom. The van der Waals surface area contributed by atoms with Crippen molar-refractivity contribution in [3.8, 4) is 0 Å². The molecule has 2 rings (SSSR count). The van der Waals surface area contributed by atoms with Crippen LogP contribution in [0, 0.1) is 0 Å². The molecular formula is C18H19N3O2. The summed E-state index contributed by atoms with van der Waals surface area (Å²) in [7, 11) is 0. The Bertz CT molecular complexity index is 654. The maximum Gasteiger partial charge on any atom is 0.240 e. The first kappa shape index (κ1) is 16.4. The normalized spacial score (nSPS) is 10.4. The largest absolute Gasteiger partial charge is 0.326 e. The molecule has 5 nitrogen and oxygen atoms in total. The first-order valence-electron chi connectivity index (χ1n) is 7.43. The number of carbonyl (C=O) groups excluding carboxylic acids is 2. The maximum absolute atomic E-state index is 11.7. The number of hydrazone groups is 1. The van der Waals surface area contributed by atoms with Crippen molar-refractivity contribution in [3.63, 3.8) is 0 Å². The summed E-state index contributed by atoms with van der Waals surface area (Å²) < 4.78 is 0. The summed E-state index contributed by atoms with van der Waals surface area (Å²) in [4.78, 5) is 23.3. The number of nitrogens with zero attached hydrogens (tertiary/aromatic N) is 1. The minimum absolute atomic E-state index is 0.0986. The van der Waals surface area contributed by atoms with Gasteiger partial charge in [-0.2, -0.15) is 5.10 Å². The number of nitrogens with one attached hydrogen (secondary N) is 2. The van der Waals surface area contributed by atoms with E-state index in [2.05, 4.69) is 15.8 Å². The van der Waals surface area contributed by atoms with Crippen LogP contribution in [0.4, 0.5) is 5.69 Å². The van der Waals surface area contributed by atoms with Gasteiger partial charge in [0.15, 0.2) is 0 Å². The Morgan fingerprint density at radius 1 is 0.870 bits per heavy atom. The Hall–Kier alpha value is -2.95. The van der Waals surface area contributed by atoms with E-state index in [0.717, 1.165) is 11.3 Å². The minimum Gasteiger partial charge on any atom is -0.326 e. The summed E-state index contributed by atoms with van der Waals surface area (Å²) in [6.45, 7) is 0. The van der Waals surface area contributed by atoms with Gasteiger partial charge >= 0.3 is 0 Å². The molecule has 2 aromatic carbocycles. The molecule has 0 spiro atoms. The highest BCUT2D eigenvalue weighted by Gasteiger charge is 2.06. The molecule has 5 heteroatoms. The van der Waals surface area contributed by atoms with Crippen LogP contribution in [-0.2, 0) is 16.0 Å². The Kier molecular flexibility index (Phi) is 6.53. The number of carbonyl (C=O) groups is 2. The second-order valence-electron chi connectivity index (χ2n) is 4.95. The van der Waals surface area contributed by atoms with Gasteiger partial charge in [0.05, 0.1) is 0 Å². The van der Waals surface area contributed by atoms with Gasteiger partial charge in [-0.15, -0.1) is 0 Å². The smallest absolute Gasteiger partial charge is 0.240 e. The first-order valence-corrected chi connectivity index (χ1v) is 7.43. The van der Waals surface area contributed by atoms with Gasteiger partial charge in [-0.05, 0) is 17.7 Å². The summed E-state index contributed by atoms with van der Waals surface area (Å²) in [5.74, 6) is -0.475. The average Bonchev–Trinajstić information content (AvgIpc) is 2.59.